The van der Waals surface area contributed by atoms with Crippen LogP contribution in [0.5, 0.6) is 5.75 Å². The van der Waals surface area contributed by atoms with Gasteiger partial charge in [-0.2, -0.15) is 10.3 Å². The number of carbonyl (C=O) groups is 1. The lowest BCUT2D eigenvalue weighted by Crippen LogP contribution is -2.30. The molecule has 1 atom stereocenters. The van der Waals surface area contributed by atoms with Gasteiger partial charge in [-0.1, -0.05) is 62.0 Å². The minimum absolute atomic E-state index is 0.0821. The molecule has 1 fully saturated rings. The third-order valence-corrected chi connectivity index (χ3v) is 8.04. The minimum atomic E-state index is -4.77. The minimum Gasteiger partial charge on any atom is -0.406 e. The molecule has 0 saturated carbocycles. The summed E-state index contributed by atoms with van der Waals surface area (Å²) < 4.78 is 42.6. The molecule has 232 valence electrons. The first-order valence-electron chi connectivity index (χ1n) is 14.2. The van der Waals surface area contributed by atoms with Crippen LogP contribution >= 0.6 is 11.8 Å². The average Bonchev–Trinajstić information content (AvgIpc) is 3.68. The van der Waals surface area contributed by atoms with Crippen LogP contribution in [0, 0.1) is 18.3 Å². The first kappa shape index (κ1) is 31.6. The molecular formula is C32H30F3N7O2S. The number of anilines is 1. The van der Waals surface area contributed by atoms with E-state index in [1.54, 1.807) is 24.3 Å². The van der Waals surface area contributed by atoms with Crippen LogP contribution < -0.4 is 15.0 Å². The van der Waals surface area contributed by atoms with Crippen molar-refractivity contribution in [2.24, 2.45) is 4.99 Å². The number of carbonyl (C=O) groups excluding carboxylic acids is 1. The van der Waals surface area contributed by atoms with Gasteiger partial charge in [0.15, 0.2) is 11.0 Å². The summed E-state index contributed by atoms with van der Waals surface area (Å²) in [5.41, 5.74) is 5.27. The SMILES string of the molecule is Cc1ccc(C(C)C)c(N2CCSC2=NC(=O)NCC(C#N)c2ccc(-c3ncn(-c4ccc(OC(F)(F)F)cc4)n3)cc2)c1. The number of ether oxygens (including phenoxy) is 1. The molecule has 5 rings (SSSR count). The molecule has 4 aromatic rings. The quantitative estimate of drug-likeness (QED) is 0.219. The maximum absolute atomic E-state index is 12.8. The number of aromatic nitrogens is 3. The van der Waals surface area contributed by atoms with Gasteiger partial charge >= 0.3 is 12.4 Å². The summed E-state index contributed by atoms with van der Waals surface area (Å²) in [7, 11) is 0. The van der Waals surface area contributed by atoms with Crippen molar-refractivity contribution in [1.82, 2.24) is 20.1 Å². The number of benzene rings is 3. The number of alkyl halides is 3. The first-order chi connectivity index (χ1) is 21.5. The molecule has 1 saturated heterocycles. The summed E-state index contributed by atoms with van der Waals surface area (Å²) in [6.45, 7) is 7.16. The maximum atomic E-state index is 12.8. The summed E-state index contributed by atoms with van der Waals surface area (Å²) in [5.74, 6) is 0.587. The van der Waals surface area contributed by atoms with Crippen molar-refractivity contribution in [2.45, 2.75) is 39.0 Å². The van der Waals surface area contributed by atoms with Crippen LogP contribution in [-0.4, -0.2) is 51.2 Å². The first-order valence-corrected chi connectivity index (χ1v) is 15.1. The fraction of sp³-hybridized carbons (Fsp3) is 0.281. The number of aliphatic imine (C=N–C) groups is 1. The molecule has 9 nitrogen and oxygen atoms in total. The van der Waals surface area contributed by atoms with Gasteiger partial charge in [0.05, 0.1) is 17.7 Å². The maximum Gasteiger partial charge on any atom is 0.573 e. The van der Waals surface area contributed by atoms with Crippen molar-refractivity contribution in [2.75, 3.05) is 23.7 Å². The van der Waals surface area contributed by atoms with Crippen molar-refractivity contribution in [3.05, 3.63) is 89.7 Å². The highest BCUT2D eigenvalue weighted by molar-refractivity contribution is 8.14. The number of nitriles is 1. The number of nitrogens with zero attached hydrogens (tertiary/aromatic N) is 6. The third kappa shape index (κ3) is 7.82. The van der Waals surface area contributed by atoms with E-state index in [2.05, 4.69) is 68.1 Å². The van der Waals surface area contributed by atoms with E-state index in [4.69, 9.17) is 0 Å². The molecule has 1 N–H and O–H groups in total. The average molecular weight is 634 g/mol. The summed E-state index contributed by atoms with van der Waals surface area (Å²) >= 11 is 1.53. The van der Waals surface area contributed by atoms with Gasteiger partial charge in [0.1, 0.15) is 12.1 Å². The standard InChI is InChI=1S/C32H30F3N7O2S/c1-20(2)27-13-4-21(3)16-28(27)41-14-15-45-31(41)39-30(43)37-18-24(17-36)22-5-7-23(8-6-22)29-38-19-42(40-29)25-9-11-26(12-10-25)44-32(33,34)35/h4-13,16,19-20,24H,14-15,18H2,1-3H3,(H,37,43). The summed E-state index contributed by atoms with van der Waals surface area (Å²) in [6.07, 6.45) is -3.32. The lowest BCUT2D eigenvalue weighted by molar-refractivity contribution is -0.274. The second-order valence-corrected chi connectivity index (χ2v) is 11.7. The van der Waals surface area contributed by atoms with Gasteiger partial charge in [-0.15, -0.1) is 18.3 Å². The topological polar surface area (TPSA) is 108 Å². The predicted octanol–water partition coefficient (Wildman–Crippen LogP) is 7.19. The highest BCUT2D eigenvalue weighted by Gasteiger charge is 2.31. The zero-order chi connectivity index (χ0) is 32.1. The molecule has 1 unspecified atom stereocenters. The second-order valence-electron chi connectivity index (χ2n) is 10.7. The van der Waals surface area contributed by atoms with E-state index in [0.29, 0.717) is 33.7 Å². The lowest BCUT2D eigenvalue weighted by Gasteiger charge is -2.23. The number of hydrogen-bond donors (Lipinski definition) is 1. The number of amides is 2. The van der Waals surface area contributed by atoms with Gasteiger partial charge in [0, 0.05) is 30.1 Å². The Kier molecular flexibility index (Phi) is 9.43. The Morgan fingerprint density at radius 2 is 1.87 bits per heavy atom. The van der Waals surface area contributed by atoms with Crippen LogP contribution in [0.3, 0.4) is 0 Å². The van der Waals surface area contributed by atoms with Crippen LogP contribution in [0.1, 0.15) is 42.4 Å². The van der Waals surface area contributed by atoms with Crippen LogP contribution in [0.25, 0.3) is 17.1 Å². The molecule has 45 heavy (non-hydrogen) atoms. The predicted molar refractivity (Wildman–Crippen MR) is 168 cm³/mol. The number of rotatable bonds is 8. The molecule has 2 heterocycles. The number of amidine groups is 1. The molecule has 0 bridgehead atoms. The van der Waals surface area contributed by atoms with Crippen molar-refractivity contribution in [1.29, 1.82) is 5.26 Å². The Morgan fingerprint density at radius 1 is 1.13 bits per heavy atom. The lowest BCUT2D eigenvalue weighted by atomic mass is 9.99. The van der Waals surface area contributed by atoms with Crippen molar-refractivity contribution >= 4 is 28.6 Å². The second kappa shape index (κ2) is 13.4. The zero-order valence-electron chi connectivity index (χ0n) is 24.7. The molecule has 3 aromatic carbocycles. The molecule has 2 amide bonds. The normalized spacial score (nSPS) is 14.9. The van der Waals surface area contributed by atoms with E-state index in [9.17, 15) is 23.2 Å². The Morgan fingerprint density at radius 3 is 2.53 bits per heavy atom. The molecule has 0 radical (unpaired) electrons. The Balaban J connectivity index is 1.22. The van der Waals surface area contributed by atoms with Crippen molar-refractivity contribution in [3.63, 3.8) is 0 Å². The Hall–Kier alpha value is -4.83. The molecule has 1 aliphatic rings. The summed E-state index contributed by atoms with van der Waals surface area (Å²) in [6, 6.07) is 20.4. The number of urea groups is 1. The van der Waals surface area contributed by atoms with Gasteiger partial charge < -0.3 is 15.0 Å². The molecule has 1 aliphatic heterocycles. The van der Waals surface area contributed by atoms with Gasteiger partial charge in [-0.3, -0.25) is 0 Å². The third-order valence-electron chi connectivity index (χ3n) is 7.08. The monoisotopic (exact) mass is 633 g/mol. The van der Waals surface area contributed by atoms with Gasteiger partial charge in [0.2, 0.25) is 0 Å². The Labute approximate surface area is 262 Å². The van der Waals surface area contributed by atoms with Crippen LogP contribution in [0.15, 0.2) is 78.0 Å². The molecule has 0 aliphatic carbocycles. The molecule has 0 spiro atoms. The number of thioether (sulfide) groups is 1. The van der Waals surface area contributed by atoms with Crippen molar-refractivity contribution in [3.8, 4) is 28.9 Å². The fourth-order valence-corrected chi connectivity index (χ4v) is 5.78. The zero-order valence-corrected chi connectivity index (χ0v) is 25.6. The number of halogens is 3. The van der Waals surface area contributed by atoms with E-state index in [-0.39, 0.29) is 12.3 Å². The van der Waals surface area contributed by atoms with Gasteiger partial charge in [-0.25, -0.2) is 14.5 Å². The fourth-order valence-electron chi connectivity index (χ4n) is 4.83. The summed E-state index contributed by atoms with van der Waals surface area (Å²) in [5, 5.41) is 17.6. The van der Waals surface area contributed by atoms with Gasteiger partial charge in [-0.05, 0) is 59.9 Å². The molecule has 13 heteroatoms. The Bertz CT molecular complexity index is 1730. The van der Waals surface area contributed by atoms with Crippen LogP contribution in [-0.2, 0) is 0 Å². The molecular weight excluding hydrogens is 603 g/mol. The van der Waals surface area contributed by atoms with E-state index >= 15 is 0 Å². The van der Waals surface area contributed by atoms with E-state index in [0.717, 1.165) is 23.5 Å². The van der Waals surface area contributed by atoms with Crippen LogP contribution in [0.2, 0.25) is 0 Å². The highest BCUT2D eigenvalue weighted by atomic mass is 32.2. The van der Waals surface area contributed by atoms with Crippen LogP contribution in [0.4, 0.5) is 23.7 Å². The number of hydrogen-bond acceptors (Lipinski definition) is 6. The van der Waals surface area contributed by atoms with Crippen molar-refractivity contribution < 1.29 is 22.7 Å². The van der Waals surface area contributed by atoms with E-state index < -0.39 is 18.3 Å². The summed E-state index contributed by atoms with van der Waals surface area (Å²) in [4.78, 5) is 23.5. The van der Waals surface area contributed by atoms with E-state index in [1.807, 2.05) is 6.92 Å². The number of aryl methyl sites for hydroxylation is 1. The van der Waals surface area contributed by atoms with Gasteiger partial charge in [0.25, 0.3) is 0 Å². The number of nitrogens with one attached hydrogen (secondary N) is 1. The van der Waals surface area contributed by atoms with E-state index in [1.165, 1.54) is 52.6 Å². The smallest absolute Gasteiger partial charge is 0.406 e. The highest BCUT2D eigenvalue weighted by Crippen LogP contribution is 2.33. The largest absolute Gasteiger partial charge is 0.573 e. The molecule has 1 aromatic heterocycles.